The van der Waals surface area contributed by atoms with Crippen molar-refractivity contribution in [2.45, 2.75) is 51.7 Å². The first kappa shape index (κ1) is 20.9. The molecule has 0 aliphatic heterocycles. The van der Waals surface area contributed by atoms with Crippen LogP contribution in [0.3, 0.4) is 0 Å². The zero-order valence-corrected chi connectivity index (χ0v) is 18.4. The van der Waals surface area contributed by atoms with Crippen molar-refractivity contribution in [3.05, 3.63) is 32.1 Å². The normalized spacial score (nSPS) is 11.4. The SMILES string of the molecule is CCCCc1nnc(NC(=O)CSCc2cc(=O)n3nc(C(C)C)sc3n2)s1. The summed E-state index contributed by atoms with van der Waals surface area (Å²) in [5.41, 5.74) is 0.459. The number of aromatic nitrogens is 5. The molecular formula is C17H22N6O2S3. The molecule has 150 valence electrons. The lowest BCUT2D eigenvalue weighted by atomic mass is 10.2. The predicted octanol–water partition coefficient (Wildman–Crippen LogP) is 3.34. The molecular weight excluding hydrogens is 416 g/mol. The summed E-state index contributed by atoms with van der Waals surface area (Å²) in [6.45, 7) is 6.19. The number of aryl methyl sites for hydroxylation is 1. The molecule has 0 atom stereocenters. The number of unbranched alkanes of at least 4 members (excludes halogenated alkanes) is 1. The lowest BCUT2D eigenvalue weighted by Crippen LogP contribution is -2.16. The Morgan fingerprint density at radius 3 is 2.89 bits per heavy atom. The van der Waals surface area contributed by atoms with Gasteiger partial charge in [0.05, 0.1) is 11.4 Å². The van der Waals surface area contributed by atoms with Gasteiger partial charge in [-0.1, -0.05) is 49.9 Å². The zero-order valence-electron chi connectivity index (χ0n) is 16.0. The first-order valence-corrected chi connectivity index (χ1v) is 11.8. The van der Waals surface area contributed by atoms with E-state index in [2.05, 4.69) is 32.5 Å². The topological polar surface area (TPSA) is 102 Å². The van der Waals surface area contributed by atoms with Crippen molar-refractivity contribution in [3.8, 4) is 0 Å². The monoisotopic (exact) mass is 438 g/mol. The fourth-order valence-electron chi connectivity index (χ4n) is 2.32. The van der Waals surface area contributed by atoms with Crippen LogP contribution in [0.4, 0.5) is 5.13 Å². The molecule has 0 aliphatic rings. The fraction of sp³-hybridized carbons (Fsp3) is 0.529. The van der Waals surface area contributed by atoms with Gasteiger partial charge in [0.1, 0.15) is 10.0 Å². The van der Waals surface area contributed by atoms with Gasteiger partial charge in [-0.25, -0.2) is 4.98 Å². The Bertz CT molecular complexity index is 1010. The Morgan fingerprint density at radius 2 is 2.14 bits per heavy atom. The van der Waals surface area contributed by atoms with Gasteiger partial charge in [-0.15, -0.1) is 22.0 Å². The number of thioether (sulfide) groups is 1. The molecule has 3 aromatic heterocycles. The largest absolute Gasteiger partial charge is 0.300 e. The number of anilines is 1. The number of amides is 1. The van der Waals surface area contributed by atoms with Gasteiger partial charge in [0.25, 0.3) is 5.56 Å². The van der Waals surface area contributed by atoms with Crippen LogP contribution < -0.4 is 10.9 Å². The van der Waals surface area contributed by atoms with E-state index in [-0.39, 0.29) is 23.1 Å². The molecule has 1 amide bonds. The highest BCUT2D eigenvalue weighted by atomic mass is 32.2. The Balaban J connectivity index is 1.53. The number of nitrogens with one attached hydrogen (secondary N) is 1. The second-order valence-corrected chi connectivity index (χ2v) is 9.56. The third-order valence-corrected chi connectivity index (χ3v) is 6.82. The van der Waals surface area contributed by atoms with Crippen LogP contribution in [0.15, 0.2) is 10.9 Å². The maximum absolute atomic E-state index is 12.2. The van der Waals surface area contributed by atoms with Crippen LogP contribution in [-0.4, -0.2) is 36.5 Å². The Kier molecular flexibility index (Phi) is 7.13. The molecule has 0 aromatic carbocycles. The Labute approximate surface area is 174 Å². The molecule has 0 aliphatic carbocycles. The summed E-state index contributed by atoms with van der Waals surface area (Å²) < 4.78 is 1.34. The molecule has 0 radical (unpaired) electrons. The molecule has 28 heavy (non-hydrogen) atoms. The van der Waals surface area contributed by atoms with Crippen LogP contribution in [0.1, 0.15) is 55.2 Å². The van der Waals surface area contributed by atoms with E-state index in [0.717, 1.165) is 29.3 Å². The fourth-order valence-corrected chi connectivity index (χ4v) is 4.75. The Morgan fingerprint density at radius 1 is 1.32 bits per heavy atom. The number of fused-ring (bicyclic) bond motifs is 1. The average molecular weight is 439 g/mol. The average Bonchev–Trinajstić information content (AvgIpc) is 3.27. The van der Waals surface area contributed by atoms with Crippen molar-refractivity contribution < 1.29 is 4.79 Å². The molecule has 1 N–H and O–H groups in total. The van der Waals surface area contributed by atoms with Gasteiger partial charge < -0.3 is 0 Å². The van der Waals surface area contributed by atoms with E-state index in [1.807, 2.05) is 13.8 Å². The van der Waals surface area contributed by atoms with E-state index in [0.29, 0.717) is 21.5 Å². The molecule has 8 nitrogen and oxygen atoms in total. The number of carbonyl (C=O) groups excluding carboxylic acids is 1. The van der Waals surface area contributed by atoms with Crippen LogP contribution in [0, 0.1) is 0 Å². The van der Waals surface area contributed by atoms with Gasteiger partial charge >= 0.3 is 0 Å². The number of hydrogen-bond acceptors (Lipinski definition) is 9. The molecule has 11 heteroatoms. The maximum Gasteiger partial charge on any atom is 0.275 e. The van der Waals surface area contributed by atoms with E-state index >= 15 is 0 Å². The summed E-state index contributed by atoms with van der Waals surface area (Å²) in [4.78, 5) is 29.4. The molecule has 3 rings (SSSR count). The van der Waals surface area contributed by atoms with Crippen molar-refractivity contribution >= 4 is 50.4 Å². The van der Waals surface area contributed by atoms with Gasteiger partial charge in [0.15, 0.2) is 0 Å². The lowest BCUT2D eigenvalue weighted by Gasteiger charge is -2.02. The first-order chi connectivity index (χ1) is 13.5. The first-order valence-electron chi connectivity index (χ1n) is 9.06. The molecule has 3 aromatic rings. The van der Waals surface area contributed by atoms with E-state index in [4.69, 9.17) is 0 Å². The number of carbonyl (C=O) groups is 1. The molecule has 0 spiro atoms. The minimum Gasteiger partial charge on any atom is -0.300 e. The van der Waals surface area contributed by atoms with Crippen molar-refractivity contribution in [2.24, 2.45) is 0 Å². The summed E-state index contributed by atoms with van der Waals surface area (Å²) in [7, 11) is 0. The summed E-state index contributed by atoms with van der Waals surface area (Å²) in [6, 6.07) is 1.48. The van der Waals surface area contributed by atoms with Crippen LogP contribution >= 0.6 is 34.4 Å². The summed E-state index contributed by atoms with van der Waals surface area (Å²) in [5, 5.41) is 17.5. The zero-order chi connectivity index (χ0) is 20.1. The summed E-state index contributed by atoms with van der Waals surface area (Å²) in [5.74, 6) is 0.841. The van der Waals surface area contributed by atoms with Gasteiger partial charge in [-0.3, -0.25) is 14.9 Å². The predicted molar refractivity (Wildman–Crippen MR) is 115 cm³/mol. The summed E-state index contributed by atoms with van der Waals surface area (Å²) in [6.07, 6.45) is 3.05. The highest BCUT2D eigenvalue weighted by Gasteiger charge is 2.12. The molecule has 3 heterocycles. The van der Waals surface area contributed by atoms with Crippen LogP contribution in [0.5, 0.6) is 0 Å². The van der Waals surface area contributed by atoms with E-state index in [9.17, 15) is 9.59 Å². The molecule has 0 saturated carbocycles. The second kappa shape index (κ2) is 9.57. The van der Waals surface area contributed by atoms with Gasteiger partial charge in [0, 0.05) is 24.2 Å². The summed E-state index contributed by atoms with van der Waals surface area (Å²) >= 11 is 4.24. The number of nitrogens with zero attached hydrogens (tertiary/aromatic N) is 5. The minimum absolute atomic E-state index is 0.138. The lowest BCUT2D eigenvalue weighted by molar-refractivity contribution is -0.113. The van der Waals surface area contributed by atoms with Crippen molar-refractivity contribution in [3.63, 3.8) is 0 Å². The van der Waals surface area contributed by atoms with E-state index in [1.165, 1.54) is 45.0 Å². The van der Waals surface area contributed by atoms with E-state index in [1.54, 1.807) is 0 Å². The van der Waals surface area contributed by atoms with Crippen molar-refractivity contribution in [1.82, 2.24) is 24.8 Å². The number of rotatable bonds is 9. The molecule has 0 fully saturated rings. The highest BCUT2D eigenvalue weighted by Crippen LogP contribution is 2.21. The van der Waals surface area contributed by atoms with Gasteiger partial charge in [-0.05, 0) is 6.42 Å². The molecule has 0 saturated heterocycles. The standard InChI is InChI=1S/C17H22N6O2S3/c1-4-5-6-13-20-21-16(27-13)19-12(24)9-26-8-11-7-14(25)23-17(18-11)28-15(22-23)10(2)3/h7,10H,4-6,8-9H2,1-3H3,(H,19,21,24). The minimum atomic E-state index is -0.193. The van der Waals surface area contributed by atoms with Crippen molar-refractivity contribution in [2.75, 3.05) is 11.1 Å². The van der Waals surface area contributed by atoms with E-state index < -0.39 is 0 Å². The quantitative estimate of drug-likeness (QED) is 0.546. The highest BCUT2D eigenvalue weighted by molar-refractivity contribution is 7.99. The van der Waals surface area contributed by atoms with Crippen molar-refractivity contribution in [1.29, 1.82) is 0 Å². The smallest absolute Gasteiger partial charge is 0.275 e. The number of hydrogen-bond donors (Lipinski definition) is 1. The molecule has 0 unspecified atom stereocenters. The Hall–Kier alpha value is -1.85. The van der Waals surface area contributed by atoms with Crippen LogP contribution in [-0.2, 0) is 17.0 Å². The van der Waals surface area contributed by atoms with Crippen LogP contribution in [0.25, 0.3) is 4.96 Å². The van der Waals surface area contributed by atoms with Crippen LogP contribution in [0.2, 0.25) is 0 Å². The van der Waals surface area contributed by atoms with Gasteiger partial charge in [-0.2, -0.15) is 9.61 Å². The third-order valence-electron chi connectivity index (χ3n) is 3.75. The van der Waals surface area contributed by atoms with Gasteiger partial charge in [0.2, 0.25) is 16.0 Å². The third kappa shape index (κ3) is 5.36. The molecule has 0 bridgehead atoms. The maximum atomic E-state index is 12.2. The second-order valence-electron chi connectivity index (χ2n) is 6.52.